The molecule has 0 atom stereocenters. The molecule has 1 aromatic rings. The molecule has 0 aliphatic carbocycles. The summed E-state index contributed by atoms with van der Waals surface area (Å²) in [5.41, 5.74) is 1.15. The second kappa shape index (κ2) is 6.66. The van der Waals surface area contributed by atoms with Gasteiger partial charge in [-0.05, 0) is 44.5 Å². The predicted octanol–water partition coefficient (Wildman–Crippen LogP) is 2.44. The Morgan fingerprint density at radius 2 is 2.00 bits per heavy atom. The van der Waals surface area contributed by atoms with Crippen LogP contribution in [0.1, 0.15) is 25.3 Å². The van der Waals surface area contributed by atoms with Gasteiger partial charge in [0.05, 0.1) is 0 Å². The van der Waals surface area contributed by atoms with Gasteiger partial charge in [0, 0.05) is 24.7 Å². The van der Waals surface area contributed by atoms with Crippen molar-refractivity contribution >= 4 is 11.5 Å². The molecule has 0 spiro atoms. The molecule has 1 aliphatic rings. The summed E-state index contributed by atoms with van der Waals surface area (Å²) >= 11 is 0. The van der Waals surface area contributed by atoms with Gasteiger partial charge in [-0.1, -0.05) is 18.2 Å². The van der Waals surface area contributed by atoms with Crippen molar-refractivity contribution in [1.29, 1.82) is 0 Å². The van der Waals surface area contributed by atoms with Crippen LogP contribution in [-0.4, -0.2) is 37.0 Å². The van der Waals surface area contributed by atoms with Crippen LogP contribution in [0.5, 0.6) is 0 Å². The van der Waals surface area contributed by atoms with Gasteiger partial charge >= 0.3 is 0 Å². The Hall–Kier alpha value is -1.68. The highest BCUT2D eigenvalue weighted by atomic mass is 19.1. The molecule has 20 heavy (non-hydrogen) atoms. The minimum absolute atomic E-state index is 0.0577. The topological polar surface area (TPSA) is 32.3 Å². The molecule has 0 radical (unpaired) electrons. The minimum atomic E-state index is -0.293. The van der Waals surface area contributed by atoms with E-state index < -0.39 is 0 Å². The Morgan fingerprint density at radius 1 is 1.35 bits per heavy atom. The van der Waals surface area contributed by atoms with Gasteiger partial charge in [-0.3, -0.25) is 4.79 Å². The number of nitrogens with one attached hydrogen (secondary N) is 1. The van der Waals surface area contributed by atoms with E-state index in [0.717, 1.165) is 25.9 Å². The Labute approximate surface area is 119 Å². The van der Waals surface area contributed by atoms with E-state index in [1.807, 2.05) is 7.05 Å². The molecule has 2 rings (SSSR count). The molecule has 4 heteroatoms. The monoisotopic (exact) mass is 276 g/mol. The number of halogens is 1. The standard InChI is InChI=1S/C16H21FN2O/c1-12(14-5-3-4-6-15(14)17)11-16(20)19(2)13-7-9-18-10-8-13/h3-6,11,13,18H,7-10H2,1-2H3/b12-11+. The van der Waals surface area contributed by atoms with Gasteiger partial charge < -0.3 is 10.2 Å². The third kappa shape index (κ3) is 3.45. The minimum Gasteiger partial charge on any atom is -0.339 e. The molecule has 1 amide bonds. The van der Waals surface area contributed by atoms with Crippen molar-refractivity contribution in [2.75, 3.05) is 20.1 Å². The SMILES string of the molecule is C/C(=C\C(=O)N(C)C1CCNCC1)c1ccccc1F. The Balaban J connectivity index is 2.09. The maximum Gasteiger partial charge on any atom is 0.246 e. The third-order valence-electron chi connectivity index (χ3n) is 3.84. The molecule has 0 unspecified atom stereocenters. The van der Waals surface area contributed by atoms with Crippen molar-refractivity contribution in [2.45, 2.75) is 25.8 Å². The maximum absolute atomic E-state index is 13.7. The number of likely N-dealkylation sites (N-methyl/N-ethyl adjacent to an activating group) is 1. The lowest BCUT2D eigenvalue weighted by Gasteiger charge is -2.31. The molecular weight excluding hydrogens is 255 g/mol. The Kier molecular flexibility index (Phi) is 4.90. The van der Waals surface area contributed by atoms with E-state index in [1.165, 1.54) is 12.1 Å². The fourth-order valence-corrected chi connectivity index (χ4v) is 2.52. The molecule has 1 aromatic carbocycles. The lowest BCUT2D eigenvalue weighted by molar-refractivity contribution is -0.127. The number of amides is 1. The molecule has 1 aliphatic heterocycles. The smallest absolute Gasteiger partial charge is 0.246 e. The van der Waals surface area contributed by atoms with Crippen LogP contribution in [0.25, 0.3) is 5.57 Å². The summed E-state index contributed by atoms with van der Waals surface area (Å²) in [5.74, 6) is -0.351. The number of rotatable bonds is 3. The van der Waals surface area contributed by atoms with Crippen LogP contribution in [-0.2, 0) is 4.79 Å². The zero-order valence-electron chi connectivity index (χ0n) is 12.0. The molecule has 1 heterocycles. The normalized spacial score (nSPS) is 17.1. The van der Waals surface area contributed by atoms with Gasteiger partial charge in [-0.25, -0.2) is 4.39 Å². The highest BCUT2D eigenvalue weighted by Gasteiger charge is 2.20. The fraction of sp³-hybridized carbons (Fsp3) is 0.438. The first kappa shape index (κ1) is 14.7. The predicted molar refractivity (Wildman–Crippen MR) is 78.7 cm³/mol. The number of carbonyl (C=O) groups is 1. The molecule has 1 N–H and O–H groups in total. The van der Waals surface area contributed by atoms with Crippen LogP contribution in [0, 0.1) is 5.82 Å². The van der Waals surface area contributed by atoms with Gasteiger partial charge in [0.25, 0.3) is 0 Å². The fourth-order valence-electron chi connectivity index (χ4n) is 2.52. The zero-order chi connectivity index (χ0) is 14.5. The zero-order valence-corrected chi connectivity index (χ0v) is 12.0. The average molecular weight is 276 g/mol. The van der Waals surface area contributed by atoms with Crippen molar-refractivity contribution < 1.29 is 9.18 Å². The number of hydrogen-bond acceptors (Lipinski definition) is 2. The van der Waals surface area contributed by atoms with Crippen LogP contribution in [0.4, 0.5) is 4.39 Å². The highest BCUT2D eigenvalue weighted by Crippen LogP contribution is 2.18. The molecule has 0 bridgehead atoms. The van der Waals surface area contributed by atoms with E-state index in [1.54, 1.807) is 30.0 Å². The molecule has 1 saturated heterocycles. The summed E-state index contributed by atoms with van der Waals surface area (Å²) in [6, 6.07) is 6.80. The summed E-state index contributed by atoms with van der Waals surface area (Å²) in [4.78, 5) is 14.0. The van der Waals surface area contributed by atoms with Crippen LogP contribution >= 0.6 is 0 Å². The van der Waals surface area contributed by atoms with Crippen LogP contribution in [0.2, 0.25) is 0 Å². The first-order valence-electron chi connectivity index (χ1n) is 7.00. The van der Waals surface area contributed by atoms with Crippen molar-refractivity contribution in [3.8, 4) is 0 Å². The van der Waals surface area contributed by atoms with E-state index >= 15 is 0 Å². The third-order valence-corrected chi connectivity index (χ3v) is 3.84. The molecular formula is C16H21FN2O. The quantitative estimate of drug-likeness (QED) is 0.860. The van der Waals surface area contributed by atoms with Crippen LogP contribution in [0.3, 0.4) is 0 Å². The number of hydrogen-bond donors (Lipinski definition) is 1. The average Bonchev–Trinajstić information content (AvgIpc) is 2.47. The van der Waals surface area contributed by atoms with Crippen LogP contribution in [0.15, 0.2) is 30.3 Å². The van der Waals surface area contributed by atoms with Crippen molar-refractivity contribution in [3.63, 3.8) is 0 Å². The first-order valence-corrected chi connectivity index (χ1v) is 7.00. The van der Waals surface area contributed by atoms with E-state index in [2.05, 4.69) is 5.32 Å². The van der Waals surface area contributed by atoms with E-state index in [9.17, 15) is 9.18 Å². The summed E-state index contributed by atoms with van der Waals surface area (Å²) in [6.45, 7) is 3.66. The largest absolute Gasteiger partial charge is 0.339 e. The number of benzene rings is 1. The second-order valence-electron chi connectivity index (χ2n) is 5.24. The van der Waals surface area contributed by atoms with Crippen LogP contribution < -0.4 is 5.32 Å². The second-order valence-corrected chi connectivity index (χ2v) is 5.24. The number of carbonyl (C=O) groups excluding carboxylic acids is 1. The van der Waals surface area contributed by atoms with Crippen molar-refractivity contribution in [1.82, 2.24) is 10.2 Å². The van der Waals surface area contributed by atoms with Gasteiger partial charge in [0.15, 0.2) is 0 Å². The molecule has 0 saturated carbocycles. The Morgan fingerprint density at radius 3 is 2.65 bits per heavy atom. The molecule has 0 aromatic heterocycles. The Bertz CT molecular complexity index is 507. The van der Waals surface area contributed by atoms with Gasteiger partial charge in [-0.2, -0.15) is 0 Å². The molecule has 108 valence electrons. The van der Waals surface area contributed by atoms with Gasteiger partial charge in [-0.15, -0.1) is 0 Å². The summed E-state index contributed by atoms with van der Waals surface area (Å²) in [7, 11) is 1.82. The highest BCUT2D eigenvalue weighted by molar-refractivity contribution is 5.94. The summed E-state index contributed by atoms with van der Waals surface area (Å²) in [5, 5.41) is 3.28. The van der Waals surface area contributed by atoms with Gasteiger partial charge in [0.2, 0.25) is 5.91 Å². The summed E-state index contributed by atoms with van der Waals surface area (Å²) in [6.07, 6.45) is 3.46. The first-order chi connectivity index (χ1) is 9.59. The van der Waals surface area contributed by atoms with Crippen molar-refractivity contribution in [3.05, 3.63) is 41.7 Å². The van der Waals surface area contributed by atoms with E-state index in [-0.39, 0.29) is 17.8 Å². The lowest BCUT2D eigenvalue weighted by atomic mass is 10.0. The molecule has 1 fully saturated rings. The maximum atomic E-state index is 13.7. The lowest BCUT2D eigenvalue weighted by Crippen LogP contribution is -2.43. The van der Waals surface area contributed by atoms with E-state index in [0.29, 0.717) is 11.1 Å². The summed E-state index contributed by atoms with van der Waals surface area (Å²) < 4.78 is 13.7. The number of piperidine rings is 1. The number of allylic oxidation sites excluding steroid dienone is 1. The van der Waals surface area contributed by atoms with Gasteiger partial charge in [0.1, 0.15) is 5.82 Å². The van der Waals surface area contributed by atoms with Crippen molar-refractivity contribution in [2.24, 2.45) is 0 Å². The molecule has 3 nitrogen and oxygen atoms in total. The number of nitrogens with zero attached hydrogens (tertiary/aromatic N) is 1. The van der Waals surface area contributed by atoms with E-state index in [4.69, 9.17) is 0 Å².